The maximum Gasteiger partial charge on any atom is 0.0561 e. The number of hydrogen-bond donors (Lipinski definition) is 1. The second kappa shape index (κ2) is 9.59. The van der Waals surface area contributed by atoms with Gasteiger partial charge in [0, 0.05) is 38.4 Å². The molecule has 4 unspecified atom stereocenters. The number of fused-ring (bicyclic) bond motifs is 8. The van der Waals surface area contributed by atoms with Crippen LogP contribution in [0.25, 0.3) is 0 Å². The maximum absolute atomic E-state index is 3.70. The molecule has 1 N–H and O–H groups in total. The molecule has 8 rings (SSSR count). The summed E-state index contributed by atoms with van der Waals surface area (Å²) in [6, 6.07) is 26.1. The van der Waals surface area contributed by atoms with Crippen LogP contribution >= 0.6 is 23.5 Å². The third kappa shape index (κ3) is 3.74. The van der Waals surface area contributed by atoms with E-state index in [2.05, 4.69) is 121 Å². The predicted octanol–water partition coefficient (Wildman–Crippen LogP) is 8.94. The number of hydrogen-bond acceptors (Lipinski definition) is 3. The van der Waals surface area contributed by atoms with Gasteiger partial charge in [-0.3, -0.25) is 0 Å². The Morgan fingerprint density at radius 2 is 1.56 bits per heavy atom. The van der Waals surface area contributed by atoms with E-state index in [0.717, 1.165) is 25.8 Å². The van der Waals surface area contributed by atoms with Crippen molar-refractivity contribution in [3.05, 3.63) is 149 Å². The summed E-state index contributed by atoms with van der Waals surface area (Å²) in [5, 5.41) is 4.07. The predicted molar refractivity (Wildman–Crippen MR) is 165 cm³/mol. The number of nitrogens with one attached hydrogen (secondary N) is 1. The van der Waals surface area contributed by atoms with E-state index in [1.807, 2.05) is 23.5 Å². The SMILES string of the molecule is C1=CC(C2=CC3Sc4ccccc4C4(c5ccccc5Sc5cc(C6CC=CCN6)ccc54)C3C=C2)=CCC1. The van der Waals surface area contributed by atoms with Crippen molar-refractivity contribution >= 4 is 23.5 Å². The first-order valence-corrected chi connectivity index (χ1v) is 15.9. The molecule has 0 amide bonds. The minimum atomic E-state index is -0.225. The van der Waals surface area contributed by atoms with E-state index < -0.39 is 0 Å². The molecule has 0 aromatic heterocycles. The van der Waals surface area contributed by atoms with Crippen LogP contribution < -0.4 is 5.32 Å². The summed E-state index contributed by atoms with van der Waals surface area (Å²) in [4.78, 5) is 4.21. The van der Waals surface area contributed by atoms with Crippen molar-refractivity contribution in [1.29, 1.82) is 0 Å². The average molecular weight is 542 g/mol. The molecular formula is C36H31NS2. The smallest absolute Gasteiger partial charge is 0.0561 e. The van der Waals surface area contributed by atoms with Crippen LogP contribution in [0.1, 0.15) is 47.6 Å². The second-order valence-electron chi connectivity index (χ2n) is 11.1. The third-order valence-corrected chi connectivity index (χ3v) is 11.4. The lowest BCUT2D eigenvalue weighted by Gasteiger charge is -2.52. The summed E-state index contributed by atoms with van der Waals surface area (Å²) in [5.74, 6) is 0.330. The minimum Gasteiger partial charge on any atom is -0.306 e. The molecule has 0 saturated carbocycles. The molecule has 39 heavy (non-hydrogen) atoms. The van der Waals surface area contributed by atoms with Gasteiger partial charge in [-0.2, -0.15) is 0 Å². The van der Waals surface area contributed by atoms with Gasteiger partial charge >= 0.3 is 0 Å². The van der Waals surface area contributed by atoms with Gasteiger partial charge in [-0.1, -0.05) is 109 Å². The zero-order chi connectivity index (χ0) is 25.8. The third-order valence-electron chi connectivity index (χ3n) is 8.97. The Balaban J connectivity index is 1.35. The van der Waals surface area contributed by atoms with Crippen LogP contribution in [-0.2, 0) is 5.41 Å². The van der Waals surface area contributed by atoms with Crippen molar-refractivity contribution in [2.75, 3.05) is 6.54 Å². The monoisotopic (exact) mass is 541 g/mol. The van der Waals surface area contributed by atoms with Gasteiger partial charge in [-0.15, -0.1) is 11.8 Å². The molecule has 0 radical (unpaired) electrons. The van der Waals surface area contributed by atoms with Gasteiger partial charge in [0.15, 0.2) is 0 Å². The number of benzene rings is 3. The van der Waals surface area contributed by atoms with Crippen LogP contribution in [0, 0.1) is 5.92 Å². The van der Waals surface area contributed by atoms with E-state index in [1.165, 1.54) is 48.1 Å². The van der Waals surface area contributed by atoms with E-state index in [4.69, 9.17) is 0 Å². The van der Waals surface area contributed by atoms with Crippen molar-refractivity contribution in [3.8, 4) is 0 Å². The normalized spacial score (nSPS) is 28.2. The first-order valence-electron chi connectivity index (χ1n) is 14.2. The molecule has 1 nitrogen and oxygen atoms in total. The van der Waals surface area contributed by atoms with Crippen LogP contribution in [0.4, 0.5) is 0 Å². The lowest BCUT2D eigenvalue weighted by Crippen LogP contribution is -2.47. The Hall–Kier alpha value is -2.98. The molecule has 3 aromatic rings. The Morgan fingerprint density at radius 1 is 0.744 bits per heavy atom. The molecule has 2 aliphatic carbocycles. The fraction of sp³-hybridized carbons (Fsp3) is 0.222. The van der Waals surface area contributed by atoms with Gasteiger partial charge in [0.25, 0.3) is 0 Å². The first kappa shape index (κ1) is 23.9. The molecule has 192 valence electrons. The zero-order valence-corrected chi connectivity index (χ0v) is 23.5. The van der Waals surface area contributed by atoms with Crippen LogP contribution in [0.2, 0.25) is 0 Å². The van der Waals surface area contributed by atoms with Gasteiger partial charge in [0.1, 0.15) is 0 Å². The Kier molecular flexibility index (Phi) is 5.87. The molecule has 0 bridgehead atoms. The lowest BCUT2D eigenvalue weighted by molar-refractivity contribution is 0.423. The van der Waals surface area contributed by atoms with Crippen LogP contribution in [-0.4, -0.2) is 11.8 Å². The summed E-state index contributed by atoms with van der Waals surface area (Å²) in [6.45, 7) is 0.946. The molecule has 3 heteroatoms. The molecular weight excluding hydrogens is 511 g/mol. The molecule has 3 heterocycles. The van der Waals surface area contributed by atoms with Crippen molar-refractivity contribution in [1.82, 2.24) is 5.32 Å². The highest BCUT2D eigenvalue weighted by molar-refractivity contribution is 8.00. The van der Waals surface area contributed by atoms with Crippen LogP contribution in [0.3, 0.4) is 0 Å². The molecule has 0 fully saturated rings. The summed E-state index contributed by atoms with van der Waals surface area (Å²) in [5.41, 5.74) is 8.29. The number of thioether (sulfide) groups is 1. The van der Waals surface area contributed by atoms with Crippen molar-refractivity contribution in [3.63, 3.8) is 0 Å². The zero-order valence-electron chi connectivity index (χ0n) is 21.8. The van der Waals surface area contributed by atoms with Crippen molar-refractivity contribution < 1.29 is 0 Å². The molecule has 3 aromatic carbocycles. The van der Waals surface area contributed by atoms with Gasteiger partial charge in [0.05, 0.1) is 5.41 Å². The average Bonchev–Trinajstić information content (AvgIpc) is 3.01. The van der Waals surface area contributed by atoms with E-state index >= 15 is 0 Å². The summed E-state index contributed by atoms with van der Waals surface area (Å²) in [7, 11) is 0. The second-order valence-corrected chi connectivity index (χ2v) is 13.4. The molecule has 0 saturated heterocycles. The van der Waals surface area contributed by atoms with Gasteiger partial charge in [-0.05, 0) is 70.9 Å². The van der Waals surface area contributed by atoms with Gasteiger partial charge in [0.2, 0.25) is 0 Å². The first-order chi connectivity index (χ1) is 19.3. The molecule has 1 spiro atoms. The minimum absolute atomic E-state index is 0.225. The van der Waals surface area contributed by atoms with Crippen LogP contribution in [0.5, 0.6) is 0 Å². The topological polar surface area (TPSA) is 12.0 Å². The van der Waals surface area contributed by atoms with Crippen molar-refractivity contribution in [2.45, 2.75) is 50.7 Å². The highest BCUT2D eigenvalue weighted by atomic mass is 32.2. The quantitative estimate of drug-likeness (QED) is 0.325. The number of allylic oxidation sites excluding steroid dienone is 7. The van der Waals surface area contributed by atoms with Crippen molar-refractivity contribution in [2.24, 2.45) is 5.92 Å². The van der Waals surface area contributed by atoms with E-state index in [9.17, 15) is 0 Å². The van der Waals surface area contributed by atoms with E-state index in [0.29, 0.717) is 17.2 Å². The summed E-state index contributed by atoms with van der Waals surface area (Å²) in [6.07, 6.45) is 22.5. The fourth-order valence-corrected chi connectivity index (χ4v) is 9.93. The molecule has 3 aliphatic heterocycles. The number of rotatable bonds is 2. The highest BCUT2D eigenvalue weighted by Gasteiger charge is 2.54. The maximum atomic E-state index is 3.70. The van der Waals surface area contributed by atoms with Gasteiger partial charge < -0.3 is 5.32 Å². The van der Waals surface area contributed by atoms with E-state index in [-0.39, 0.29) is 5.41 Å². The summed E-state index contributed by atoms with van der Waals surface area (Å²) < 4.78 is 0. The Labute approximate surface area is 239 Å². The van der Waals surface area contributed by atoms with E-state index in [1.54, 1.807) is 0 Å². The lowest BCUT2D eigenvalue weighted by atomic mass is 9.59. The fourth-order valence-electron chi connectivity index (χ4n) is 7.22. The Bertz CT molecular complexity index is 1620. The van der Waals surface area contributed by atoms with Crippen LogP contribution in [0.15, 0.2) is 141 Å². The van der Waals surface area contributed by atoms with Gasteiger partial charge in [-0.25, -0.2) is 0 Å². The standard InChI is InChI=1S/C36H31NS2/c1-2-10-24(11-3-1)25-17-19-29-34(22-25)38-32-15-6-4-12-27(32)36(29)28-13-5-7-16-33(28)39-35-23-26(18-20-30(35)36)31-14-8-9-21-37-31/h2,4-13,15-20,22-23,29,31,34,37H,1,3,14,21H2. The molecule has 4 atom stereocenters. The molecule has 5 aliphatic rings. The Morgan fingerprint density at radius 3 is 2.38 bits per heavy atom. The highest BCUT2D eigenvalue weighted by Crippen LogP contribution is 2.63. The summed E-state index contributed by atoms with van der Waals surface area (Å²) >= 11 is 4.00. The largest absolute Gasteiger partial charge is 0.306 e.